The molecular weight excluding hydrogens is 517 g/mol. The SMILES string of the molecule is CCC(C(=O)NC(C)C)N(Cc1cccc(C)c1)C(=O)CN(c1ccc(F)cc1)S(=O)(=O)c1ccc(C)cc1. The molecule has 3 aromatic rings. The van der Waals surface area contributed by atoms with E-state index in [1.54, 1.807) is 12.1 Å². The molecule has 0 aliphatic heterocycles. The van der Waals surface area contributed by atoms with E-state index in [9.17, 15) is 22.4 Å². The molecule has 1 unspecified atom stereocenters. The summed E-state index contributed by atoms with van der Waals surface area (Å²) in [5, 5.41) is 2.87. The van der Waals surface area contributed by atoms with Crippen LogP contribution < -0.4 is 9.62 Å². The third-order valence-electron chi connectivity index (χ3n) is 6.25. The molecule has 3 aromatic carbocycles. The number of aryl methyl sites for hydroxylation is 2. The van der Waals surface area contributed by atoms with Gasteiger partial charge in [0.15, 0.2) is 0 Å². The van der Waals surface area contributed by atoms with Gasteiger partial charge >= 0.3 is 0 Å². The molecule has 0 saturated heterocycles. The summed E-state index contributed by atoms with van der Waals surface area (Å²) in [5.74, 6) is -1.40. The first-order valence-electron chi connectivity index (χ1n) is 12.9. The first-order chi connectivity index (χ1) is 18.4. The molecule has 0 aromatic heterocycles. The molecule has 7 nitrogen and oxygen atoms in total. The number of carbonyl (C=O) groups is 2. The fourth-order valence-electron chi connectivity index (χ4n) is 4.28. The summed E-state index contributed by atoms with van der Waals surface area (Å²) in [5.41, 5.74) is 2.83. The van der Waals surface area contributed by atoms with E-state index in [1.807, 2.05) is 58.9 Å². The Hall–Kier alpha value is -3.72. The Bertz CT molecular complexity index is 1390. The Morgan fingerprint density at radius 1 is 0.923 bits per heavy atom. The maximum Gasteiger partial charge on any atom is 0.264 e. The topological polar surface area (TPSA) is 86.8 Å². The van der Waals surface area contributed by atoms with Crippen molar-refractivity contribution in [2.24, 2.45) is 0 Å². The van der Waals surface area contributed by atoms with Gasteiger partial charge in [-0.25, -0.2) is 12.8 Å². The van der Waals surface area contributed by atoms with Crippen LogP contribution in [-0.4, -0.2) is 43.8 Å². The van der Waals surface area contributed by atoms with Crippen molar-refractivity contribution in [2.45, 2.75) is 64.6 Å². The molecule has 0 heterocycles. The van der Waals surface area contributed by atoms with E-state index in [-0.39, 0.29) is 29.1 Å². The zero-order valence-electron chi connectivity index (χ0n) is 23.0. The van der Waals surface area contributed by atoms with Gasteiger partial charge in [0.05, 0.1) is 10.6 Å². The summed E-state index contributed by atoms with van der Waals surface area (Å²) in [6.07, 6.45) is 0.331. The number of halogens is 1. The van der Waals surface area contributed by atoms with Crippen LogP contribution in [0, 0.1) is 19.7 Å². The maximum atomic E-state index is 14.0. The van der Waals surface area contributed by atoms with Crippen LogP contribution in [0.25, 0.3) is 0 Å². The fraction of sp³-hybridized carbons (Fsp3) is 0.333. The van der Waals surface area contributed by atoms with Gasteiger partial charge < -0.3 is 10.2 Å². The van der Waals surface area contributed by atoms with Gasteiger partial charge in [-0.3, -0.25) is 13.9 Å². The van der Waals surface area contributed by atoms with E-state index in [4.69, 9.17) is 0 Å². The molecule has 208 valence electrons. The van der Waals surface area contributed by atoms with Crippen molar-refractivity contribution >= 4 is 27.5 Å². The van der Waals surface area contributed by atoms with Crippen LogP contribution in [0.5, 0.6) is 0 Å². The minimum atomic E-state index is -4.20. The lowest BCUT2D eigenvalue weighted by Gasteiger charge is -2.33. The predicted octanol–water partition coefficient (Wildman–Crippen LogP) is 4.97. The van der Waals surface area contributed by atoms with Crippen molar-refractivity contribution < 1.29 is 22.4 Å². The first kappa shape index (κ1) is 29.8. The van der Waals surface area contributed by atoms with Gasteiger partial charge in [-0.1, -0.05) is 54.4 Å². The van der Waals surface area contributed by atoms with Crippen LogP contribution >= 0.6 is 0 Å². The Morgan fingerprint density at radius 3 is 2.13 bits per heavy atom. The number of nitrogens with zero attached hydrogens (tertiary/aromatic N) is 2. The van der Waals surface area contributed by atoms with Crippen molar-refractivity contribution in [2.75, 3.05) is 10.8 Å². The van der Waals surface area contributed by atoms with Gasteiger partial charge in [-0.05, 0) is 76.1 Å². The van der Waals surface area contributed by atoms with Crippen molar-refractivity contribution in [3.05, 3.63) is 95.3 Å². The summed E-state index contributed by atoms with van der Waals surface area (Å²) in [6, 6.07) is 17.9. The van der Waals surface area contributed by atoms with Crippen molar-refractivity contribution in [3.63, 3.8) is 0 Å². The van der Waals surface area contributed by atoms with E-state index in [2.05, 4.69) is 5.32 Å². The fourth-order valence-corrected chi connectivity index (χ4v) is 5.70. The maximum absolute atomic E-state index is 14.0. The first-order valence-corrected chi connectivity index (χ1v) is 14.4. The molecule has 0 saturated carbocycles. The number of hydrogen-bond donors (Lipinski definition) is 1. The van der Waals surface area contributed by atoms with Gasteiger partial charge in [0.25, 0.3) is 10.0 Å². The van der Waals surface area contributed by atoms with Crippen LogP contribution in [0.4, 0.5) is 10.1 Å². The molecular formula is C30H36FN3O4S. The predicted molar refractivity (Wildman–Crippen MR) is 151 cm³/mol. The van der Waals surface area contributed by atoms with Crippen molar-refractivity contribution in [1.82, 2.24) is 10.2 Å². The van der Waals surface area contributed by atoms with E-state index >= 15 is 0 Å². The van der Waals surface area contributed by atoms with Crippen molar-refractivity contribution in [1.29, 1.82) is 0 Å². The van der Waals surface area contributed by atoms with Gasteiger partial charge in [-0.2, -0.15) is 0 Å². The van der Waals surface area contributed by atoms with E-state index in [0.717, 1.165) is 33.1 Å². The molecule has 39 heavy (non-hydrogen) atoms. The largest absolute Gasteiger partial charge is 0.352 e. The summed E-state index contributed by atoms with van der Waals surface area (Å²) in [6.45, 7) is 8.80. The monoisotopic (exact) mass is 553 g/mol. The summed E-state index contributed by atoms with van der Waals surface area (Å²) >= 11 is 0. The number of sulfonamides is 1. The van der Waals surface area contributed by atoms with E-state index in [1.165, 1.54) is 29.2 Å². The number of rotatable bonds is 11. The van der Waals surface area contributed by atoms with Gasteiger partial charge in [0.1, 0.15) is 18.4 Å². The molecule has 3 rings (SSSR count). The molecule has 0 aliphatic rings. The number of anilines is 1. The zero-order valence-corrected chi connectivity index (χ0v) is 23.8. The Kier molecular flexibility index (Phi) is 9.86. The Morgan fingerprint density at radius 2 is 1.56 bits per heavy atom. The van der Waals surface area contributed by atoms with E-state index < -0.39 is 34.3 Å². The average Bonchev–Trinajstić information content (AvgIpc) is 2.87. The third kappa shape index (κ3) is 7.66. The van der Waals surface area contributed by atoms with Crippen LogP contribution in [0.2, 0.25) is 0 Å². The minimum Gasteiger partial charge on any atom is -0.352 e. The molecule has 2 amide bonds. The molecule has 0 aliphatic carbocycles. The molecule has 0 bridgehead atoms. The second-order valence-electron chi connectivity index (χ2n) is 9.90. The molecule has 0 radical (unpaired) electrons. The summed E-state index contributed by atoms with van der Waals surface area (Å²) in [7, 11) is -4.20. The quantitative estimate of drug-likeness (QED) is 0.363. The number of benzene rings is 3. The molecule has 9 heteroatoms. The highest BCUT2D eigenvalue weighted by atomic mass is 32.2. The standard InChI is InChI=1S/C30H36FN3O4S/c1-6-28(30(36)32-21(2)3)33(19-24-9-7-8-23(5)18-24)29(35)20-34(26-14-12-25(31)13-15-26)39(37,38)27-16-10-22(4)11-17-27/h7-18,21,28H,6,19-20H2,1-5H3,(H,32,36). The lowest BCUT2D eigenvalue weighted by atomic mass is 10.1. The highest BCUT2D eigenvalue weighted by Crippen LogP contribution is 2.25. The molecule has 1 N–H and O–H groups in total. The highest BCUT2D eigenvalue weighted by molar-refractivity contribution is 7.92. The minimum absolute atomic E-state index is 0.0000477. The Balaban J connectivity index is 2.06. The van der Waals surface area contributed by atoms with Crippen LogP contribution in [0.3, 0.4) is 0 Å². The smallest absolute Gasteiger partial charge is 0.264 e. The normalized spacial score (nSPS) is 12.2. The molecule has 0 spiro atoms. The third-order valence-corrected chi connectivity index (χ3v) is 8.04. The van der Waals surface area contributed by atoms with Gasteiger partial charge in [0.2, 0.25) is 11.8 Å². The lowest BCUT2D eigenvalue weighted by molar-refractivity contribution is -0.140. The van der Waals surface area contributed by atoms with E-state index in [0.29, 0.717) is 6.42 Å². The second-order valence-corrected chi connectivity index (χ2v) is 11.8. The zero-order chi connectivity index (χ0) is 28.7. The van der Waals surface area contributed by atoms with Gasteiger partial charge in [0, 0.05) is 12.6 Å². The number of hydrogen-bond acceptors (Lipinski definition) is 4. The number of carbonyl (C=O) groups excluding carboxylic acids is 2. The van der Waals surface area contributed by atoms with Gasteiger partial charge in [-0.15, -0.1) is 0 Å². The summed E-state index contributed by atoms with van der Waals surface area (Å²) < 4.78 is 42.3. The number of nitrogens with one attached hydrogen (secondary N) is 1. The van der Waals surface area contributed by atoms with Crippen LogP contribution in [-0.2, 0) is 26.2 Å². The lowest BCUT2D eigenvalue weighted by Crippen LogP contribution is -2.53. The number of amides is 2. The highest BCUT2D eigenvalue weighted by Gasteiger charge is 2.33. The molecule has 0 fully saturated rings. The Labute approximate surface area is 230 Å². The molecule has 1 atom stereocenters. The summed E-state index contributed by atoms with van der Waals surface area (Å²) in [4.78, 5) is 28.5. The average molecular weight is 554 g/mol. The second kappa shape index (κ2) is 12.9. The van der Waals surface area contributed by atoms with Crippen molar-refractivity contribution in [3.8, 4) is 0 Å². The van der Waals surface area contributed by atoms with Crippen LogP contribution in [0.1, 0.15) is 43.9 Å². The van der Waals surface area contributed by atoms with Crippen LogP contribution in [0.15, 0.2) is 77.7 Å².